The largest absolute Gasteiger partial charge is 0.496 e. The zero-order valence-corrected chi connectivity index (χ0v) is 35.0. The first kappa shape index (κ1) is 41.8. The summed E-state index contributed by atoms with van der Waals surface area (Å²) in [5.41, 5.74) is 6.21. The van der Waals surface area contributed by atoms with Crippen molar-refractivity contribution >= 4 is 23.6 Å². The summed E-state index contributed by atoms with van der Waals surface area (Å²) < 4.78 is 13.6. The fourth-order valence-electron chi connectivity index (χ4n) is 9.67. The molecule has 2 aromatic carbocycles. The van der Waals surface area contributed by atoms with Crippen molar-refractivity contribution in [2.75, 3.05) is 80.2 Å². The van der Waals surface area contributed by atoms with E-state index in [2.05, 4.69) is 37.5 Å². The number of fused-ring (bicyclic) bond motifs is 2. The van der Waals surface area contributed by atoms with Gasteiger partial charge in [-0.1, -0.05) is 6.07 Å². The van der Waals surface area contributed by atoms with Crippen LogP contribution in [0.3, 0.4) is 0 Å². The van der Waals surface area contributed by atoms with Crippen LogP contribution in [0.15, 0.2) is 41.3 Å². The number of carbonyl (C=O) groups excluding carboxylic acids is 4. The molecule has 0 radical (unpaired) electrons. The lowest BCUT2D eigenvalue weighted by Gasteiger charge is -2.37. The summed E-state index contributed by atoms with van der Waals surface area (Å²) in [4.78, 5) is 74.2. The molecule has 16 nitrogen and oxygen atoms in total. The molecule has 2 unspecified atom stereocenters. The molecule has 5 aliphatic heterocycles. The monoisotopic (exact) mass is 824 g/mol. The fraction of sp³-hybridized carbons (Fsp3) is 0.523. The maximum Gasteiger partial charge on any atom is 0.262 e. The van der Waals surface area contributed by atoms with Crippen LogP contribution in [0.4, 0.5) is 0 Å². The molecule has 3 saturated heterocycles. The number of nitrogens with one attached hydrogen (secondary N) is 2. The molecular formula is C44H56N8O8. The first-order valence-electron chi connectivity index (χ1n) is 21.1. The summed E-state index contributed by atoms with van der Waals surface area (Å²) in [7, 11) is 6.83. The topological polar surface area (TPSA) is 169 Å². The number of methoxy groups -OCH3 is 2. The molecule has 6 heterocycles. The van der Waals surface area contributed by atoms with Gasteiger partial charge in [0.25, 0.3) is 17.4 Å². The molecule has 3 fully saturated rings. The number of nitrogens with zero attached hydrogens (tertiary/aromatic N) is 6. The number of aromatic nitrogens is 1. The van der Waals surface area contributed by atoms with Crippen LogP contribution in [0.2, 0.25) is 0 Å². The van der Waals surface area contributed by atoms with Crippen molar-refractivity contribution in [1.82, 2.24) is 39.7 Å². The maximum absolute atomic E-state index is 13.4. The van der Waals surface area contributed by atoms with E-state index < -0.39 is 30.1 Å². The van der Waals surface area contributed by atoms with Crippen molar-refractivity contribution in [3.63, 3.8) is 0 Å². The lowest BCUT2D eigenvalue weighted by Crippen LogP contribution is -2.54. The van der Waals surface area contributed by atoms with Crippen LogP contribution in [-0.4, -0.2) is 150 Å². The molecular weight excluding hydrogens is 769 g/mol. The summed E-state index contributed by atoms with van der Waals surface area (Å²) in [5, 5.41) is 15.5. The van der Waals surface area contributed by atoms with Crippen LogP contribution in [0.1, 0.15) is 74.6 Å². The highest BCUT2D eigenvalue weighted by atomic mass is 16.5. The highest BCUT2D eigenvalue weighted by Gasteiger charge is 2.45. The van der Waals surface area contributed by atoms with E-state index >= 15 is 0 Å². The molecule has 2 atom stereocenters. The molecule has 0 aliphatic carbocycles. The van der Waals surface area contributed by atoms with E-state index in [0.717, 1.165) is 109 Å². The van der Waals surface area contributed by atoms with Crippen molar-refractivity contribution in [2.45, 2.75) is 63.5 Å². The van der Waals surface area contributed by atoms with Crippen LogP contribution in [0.5, 0.6) is 11.5 Å². The van der Waals surface area contributed by atoms with Crippen molar-refractivity contribution in [3.05, 3.63) is 80.3 Å². The Hall–Kier alpha value is -4.97. The molecule has 0 bridgehead atoms. The van der Waals surface area contributed by atoms with Crippen molar-refractivity contribution in [3.8, 4) is 22.6 Å². The fourth-order valence-corrected chi connectivity index (χ4v) is 9.67. The number of ether oxygens (including phenoxy) is 2. The molecule has 3 N–H and O–H groups in total. The number of imide groups is 2. The van der Waals surface area contributed by atoms with Gasteiger partial charge in [0.05, 0.1) is 30.9 Å². The van der Waals surface area contributed by atoms with Gasteiger partial charge in [-0.25, -0.2) is 0 Å². The number of rotatable bonds is 12. The third-order valence-electron chi connectivity index (χ3n) is 13.2. The van der Waals surface area contributed by atoms with Crippen molar-refractivity contribution in [1.29, 1.82) is 0 Å². The van der Waals surface area contributed by atoms with E-state index in [9.17, 15) is 29.1 Å². The van der Waals surface area contributed by atoms with Crippen molar-refractivity contribution in [2.24, 2.45) is 7.05 Å². The van der Waals surface area contributed by atoms with Crippen LogP contribution >= 0.6 is 0 Å². The number of amides is 4. The van der Waals surface area contributed by atoms with Crippen LogP contribution in [-0.2, 0) is 36.1 Å². The average molecular weight is 825 g/mol. The van der Waals surface area contributed by atoms with Crippen LogP contribution < -0.4 is 25.7 Å². The lowest BCUT2D eigenvalue weighted by atomic mass is 9.88. The van der Waals surface area contributed by atoms with Gasteiger partial charge in [-0.2, -0.15) is 0 Å². The second-order valence-corrected chi connectivity index (χ2v) is 16.6. The number of aliphatic hydroxyl groups excluding tert-OH is 1. The molecule has 16 heteroatoms. The first-order valence-corrected chi connectivity index (χ1v) is 21.1. The summed E-state index contributed by atoms with van der Waals surface area (Å²) >= 11 is 0. The number of carbonyl (C=O) groups is 4. The Bertz CT molecular complexity index is 2200. The standard InChI is InChI=1S/C44H56N8O8/c1-45-44(58)51-14-11-30-33(24-47(2)41(55)34(30)26-51)29-22-37(59-3)35(38(23-29)60-4)25-50-19-17-49(18-20-50)16-15-48-12-9-27(10-13-48)28-5-6-31-32(21-28)43(57)52(42(31)56)36-7-8-39(53)46-40(36)54/h5-6,21-24,27,36,44-45,58H,7-20,25-26H2,1-4H3,(H,46,53,54). The first-order chi connectivity index (χ1) is 29.0. The molecule has 320 valence electrons. The number of hydrogen-bond acceptors (Lipinski definition) is 13. The van der Waals surface area contributed by atoms with Gasteiger partial charge < -0.3 is 24.0 Å². The minimum atomic E-state index is -0.963. The normalized spacial score (nSPS) is 21.6. The molecule has 60 heavy (non-hydrogen) atoms. The zero-order valence-electron chi connectivity index (χ0n) is 35.0. The third-order valence-corrected chi connectivity index (χ3v) is 13.2. The number of piperazine rings is 1. The Balaban J connectivity index is 0.838. The SMILES string of the molecule is CNC(O)N1CCc2c(-c3cc(OC)c(CN4CCN(CCN5CCC(c6ccc7c(c6)C(=O)N(C6CCC(=O)NC6=O)C7=O)CC5)CC4)c(OC)c3)cn(C)c(=O)c2C1. The smallest absolute Gasteiger partial charge is 0.262 e. The number of aliphatic hydroxyl groups is 1. The Morgan fingerprint density at radius 2 is 1.43 bits per heavy atom. The van der Waals surface area contributed by atoms with E-state index in [1.807, 2.05) is 23.2 Å². The van der Waals surface area contributed by atoms with E-state index in [4.69, 9.17) is 9.47 Å². The minimum absolute atomic E-state index is 0.0595. The molecule has 8 rings (SSSR count). The Labute approximate surface area is 350 Å². The van der Waals surface area contributed by atoms with Gasteiger partial charge in [0.1, 0.15) is 17.5 Å². The van der Waals surface area contributed by atoms with E-state index in [1.165, 1.54) is 0 Å². The highest BCUT2D eigenvalue weighted by Crippen LogP contribution is 2.39. The van der Waals surface area contributed by atoms with Gasteiger partial charge in [-0.3, -0.25) is 54.2 Å². The summed E-state index contributed by atoms with van der Waals surface area (Å²) in [6.45, 7) is 9.29. The second kappa shape index (κ2) is 17.6. The van der Waals surface area contributed by atoms with E-state index in [0.29, 0.717) is 42.7 Å². The molecule has 0 saturated carbocycles. The van der Waals surface area contributed by atoms with Crippen molar-refractivity contribution < 1.29 is 33.8 Å². The zero-order chi connectivity index (χ0) is 42.2. The van der Waals surface area contributed by atoms with E-state index in [1.54, 1.807) is 38.9 Å². The minimum Gasteiger partial charge on any atom is -0.496 e. The average Bonchev–Trinajstić information content (AvgIpc) is 3.51. The Kier molecular flexibility index (Phi) is 12.2. The highest BCUT2D eigenvalue weighted by molar-refractivity contribution is 6.23. The van der Waals surface area contributed by atoms with Gasteiger partial charge in [0.15, 0.2) is 6.35 Å². The van der Waals surface area contributed by atoms with E-state index in [-0.39, 0.29) is 30.2 Å². The lowest BCUT2D eigenvalue weighted by molar-refractivity contribution is -0.136. The summed E-state index contributed by atoms with van der Waals surface area (Å²) in [6.07, 6.45) is 3.86. The number of piperidine rings is 2. The third kappa shape index (κ3) is 8.11. The van der Waals surface area contributed by atoms with Gasteiger partial charge in [-0.05, 0) is 92.7 Å². The van der Waals surface area contributed by atoms with Gasteiger partial charge in [0, 0.05) is 89.7 Å². The molecule has 5 aliphatic rings. The van der Waals surface area contributed by atoms with Crippen LogP contribution in [0.25, 0.3) is 11.1 Å². The maximum atomic E-state index is 13.4. The number of aryl methyl sites for hydroxylation is 1. The summed E-state index contributed by atoms with van der Waals surface area (Å²) in [6, 6.07) is 8.65. The molecule has 0 spiro atoms. The molecule has 4 amide bonds. The number of hydrogen-bond donors (Lipinski definition) is 3. The Morgan fingerprint density at radius 3 is 2.08 bits per heavy atom. The predicted octanol–water partition coefficient (Wildman–Crippen LogP) is 1.32. The Morgan fingerprint density at radius 1 is 0.783 bits per heavy atom. The van der Waals surface area contributed by atoms with Gasteiger partial charge in [-0.15, -0.1) is 0 Å². The number of likely N-dealkylation sites (tertiary alicyclic amines) is 1. The second-order valence-electron chi connectivity index (χ2n) is 16.6. The molecule has 1 aromatic heterocycles. The molecule has 3 aromatic rings. The predicted molar refractivity (Wildman–Crippen MR) is 223 cm³/mol. The quantitative estimate of drug-likeness (QED) is 0.177. The number of pyridine rings is 1. The summed E-state index contributed by atoms with van der Waals surface area (Å²) in [5.74, 6) is -0.150. The van der Waals surface area contributed by atoms with Crippen LogP contribution in [0, 0.1) is 0 Å². The van der Waals surface area contributed by atoms with Gasteiger partial charge >= 0.3 is 0 Å². The van der Waals surface area contributed by atoms with Gasteiger partial charge in [0.2, 0.25) is 11.8 Å². The number of benzene rings is 2.